The highest BCUT2D eigenvalue weighted by Gasteiger charge is 2.30. The first-order valence-corrected chi connectivity index (χ1v) is 10.0. The van der Waals surface area contributed by atoms with Gasteiger partial charge in [-0.15, -0.1) is 25.8 Å². The molecular formula is C22H24F4N2O2S. The number of amides is 1. The predicted molar refractivity (Wildman–Crippen MR) is 113 cm³/mol. The first-order valence-electron chi connectivity index (χ1n) is 9.57. The predicted octanol–water partition coefficient (Wildman–Crippen LogP) is 4.97. The highest BCUT2D eigenvalue weighted by molar-refractivity contribution is 7.80. The zero-order valence-corrected chi connectivity index (χ0v) is 17.8. The average Bonchev–Trinajstić information content (AvgIpc) is 2.72. The van der Waals surface area contributed by atoms with E-state index in [9.17, 15) is 22.4 Å². The van der Waals surface area contributed by atoms with Gasteiger partial charge in [0.05, 0.1) is 0 Å². The van der Waals surface area contributed by atoms with Crippen LogP contribution in [0.5, 0.6) is 5.75 Å². The lowest BCUT2D eigenvalue weighted by Crippen LogP contribution is -2.27. The summed E-state index contributed by atoms with van der Waals surface area (Å²) in [5.41, 5.74) is 2.13. The summed E-state index contributed by atoms with van der Waals surface area (Å²) in [7, 11) is 1.77. The van der Waals surface area contributed by atoms with Gasteiger partial charge in [-0.1, -0.05) is 17.7 Å². The van der Waals surface area contributed by atoms with Gasteiger partial charge in [-0.3, -0.25) is 4.79 Å². The summed E-state index contributed by atoms with van der Waals surface area (Å²) < 4.78 is 51.2. The van der Waals surface area contributed by atoms with Crippen molar-refractivity contribution in [2.45, 2.75) is 30.6 Å². The number of hydrogen-bond donors (Lipinski definition) is 2. The number of piperidine rings is 1. The van der Waals surface area contributed by atoms with E-state index in [0.717, 1.165) is 31.5 Å². The van der Waals surface area contributed by atoms with Crippen molar-refractivity contribution >= 4 is 18.5 Å². The number of nitrogens with one attached hydrogen (secondary N) is 1. The van der Waals surface area contributed by atoms with Crippen LogP contribution in [0.1, 0.15) is 18.4 Å². The third-order valence-electron chi connectivity index (χ3n) is 4.35. The Kier molecular flexibility index (Phi) is 9.39. The molecule has 0 aliphatic carbocycles. The van der Waals surface area contributed by atoms with Gasteiger partial charge in [-0.25, -0.2) is 4.39 Å². The lowest BCUT2D eigenvalue weighted by atomic mass is 10.1. The molecule has 0 saturated carbocycles. The Bertz CT molecular complexity index is 861. The van der Waals surface area contributed by atoms with E-state index in [1.807, 2.05) is 0 Å². The molecule has 0 spiro atoms. The molecule has 1 aliphatic rings. The quantitative estimate of drug-likeness (QED) is 0.388. The zero-order chi connectivity index (χ0) is 22.9. The first kappa shape index (κ1) is 24.7. The van der Waals surface area contributed by atoms with E-state index in [1.165, 1.54) is 42.0 Å². The van der Waals surface area contributed by atoms with E-state index < -0.39 is 6.36 Å². The molecule has 0 unspecified atom stereocenters. The summed E-state index contributed by atoms with van der Waals surface area (Å²) in [4.78, 5) is 14.3. The number of ether oxygens (including phenoxy) is 1. The largest absolute Gasteiger partial charge is 0.573 e. The zero-order valence-electron chi connectivity index (χ0n) is 17.0. The Hall–Kier alpha value is -2.52. The highest BCUT2D eigenvalue weighted by atomic mass is 32.1. The van der Waals surface area contributed by atoms with E-state index in [0.29, 0.717) is 11.4 Å². The maximum Gasteiger partial charge on any atom is 0.573 e. The Morgan fingerprint density at radius 2 is 1.68 bits per heavy atom. The molecule has 0 aromatic heterocycles. The topological polar surface area (TPSA) is 41.6 Å². The molecule has 168 valence electrons. The van der Waals surface area contributed by atoms with Gasteiger partial charge in [-0.05, 0) is 67.9 Å². The summed E-state index contributed by atoms with van der Waals surface area (Å²) >= 11 is 3.91. The van der Waals surface area contributed by atoms with Crippen molar-refractivity contribution in [3.8, 4) is 5.75 Å². The van der Waals surface area contributed by atoms with E-state index in [2.05, 4.69) is 22.7 Å². The van der Waals surface area contributed by atoms with Crippen LogP contribution in [-0.2, 0) is 11.3 Å². The van der Waals surface area contributed by atoms with E-state index in [4.69, 9.17) is 0 Å². The van der Waals surface area contributed by atoms with Crippen LogP contribution < -0.4 is 10.1 Å². The molecule has 4 nitrogen and oxygen atoms in total. The number of thiol groups is 1. The van der Waals surface area contributed by atoms with Crippen molar-refractivity contribution < 1.29 is 27.1 Å². The van der Waals surface area contributed by atoms with Crippen molar-refractivity contribution in [2.24, 2.45) is 0 Å². The molecule has 9 heteroatoms. The lowest BCUT2D eigenvalue weighted by molar-refractivity contribution is -0.274. The highest BCUT2D eigenvalue weighted by Crippen LogP contribution is 2.23. The number of carbonyl (C=O) groups is 1. The van der Waals surface area contributed by atoms with Crippen LogP contribution in [0, 0.1) is 5.82 Å². The number of benzene rings is 2. The van der Waals surface area contributed by atoms with Crippen LogP contribution in [0.3, 0.4) is 0 Å². The molecule has 2 aromatic rings. The van der Waals surface area contributed by atoms with Crippen LogP contribution in [0.2, 0.25) is 0 Å². The van der Waals surface area contributed by atoms with Crippen molar-refractivity contribution in [3.63, 3.8) is 0 Å². The monoisotopic (exact) mass is 456 g/mol. The van der Waals surface area contributed by atoms with E-state index in [1.54, 1.807) is 30.2 Å². The van der Waals surface area contributed by atoms with Gasteiger partial charge in [0.2, 0.25) is 5.91 Å². The summed E-state index contributed by atoms with van der Waals surface area (Å²) in [6.07, 6.45) is -1.01. The van der Waals surface area contributed by atoms with Crippen molar-refractivity contribution in [2.75, 3.05) is 20.1 Å². The molecule has 1 fully saturated rings. The van der Waals surface area contributed by atoms with Gasteiger partial charge in [0.1, 0.15) is 11.6 Å². The normalized spacial score (nSPS) is 13.7. The SMILES string of the molecule is CN(Cc1ccc(F)cc1)C(=O)C=C1CCNCC1.FC(F)(F)Oc1ccc(S)cc1. The third-order valence-corrected chi connectivity index (χ3v) is 4.65. The Morgan fingerprint density at radius 1 is 1.10 bits per heavy atom. The smallest absolute Gasteiger partial charge is 0.406 e. The van der Waals surface area contributed by atoms with Crippen molar-refractivity contribution in [3.05, 3.63) is 71.6 Å². The molecule has 1 N–H and O–H groups in total. The average molecular weight is 457 g/mol. The Labute approximate surface area is 184 Å². The van der Waals surface area contributed by atoms with Crippen LogP contribution in [0.4, 0.5) is 17.6 Å². The minimum atomic E-state index is -4.63. The standard InChI is InChI=1S/C15H19FN2O.C7H5F3OS/c1-18(11-13-2-4-14(16)5-3-13)15(19)10-12-6-8-17-9-7-12;8-7(9,10)11-5-1-3-6(12)4-2-5/h2-5,10,17H,6-9,11H2,1H3;1-4,12H. The minimum Gasteiger partial charge on any atom is -0.406 e. The van der Waals surface area contributed by atoms with Gasteiger partial charge >= 0.3 is 6.36 Å². The van der Waals surface area contributed by atoms with Crippen LogP contribution in [0.15, 0.2) is 65.1 Å². The van der Waals surface area contributed by atoms with Crippen LogP contribution in [-0.4, -0.2) is 37.3 Å². The van der Waals surface area contributed by atoms with Crippen molar-refractivity contribution in [1.29, 1.82) is 0 Å². The molecule has 1 amide bonds. The van der Waals surface area contributed by atoms with Gasteiger partial charge in [0, 0.05) is 24.6 Å². The van der Waals surface area contributed by atoms with Gasteiger partial charge < -0.3 is 15.0 Å². The molecule has 1 aliphatic heterocycles. The molecule has 1 saturated heterocycles. The summed E-state index contributed by atoms with van der Waals surface area (Å²) in [5, 5.41) is 3.26. The van der Waals surface area contributed by atoms with Gasteiger partial charge in [0.15, 0.2) is 0 Å². The van der Waals surface area contributed by atoms with E-state index >= 15 is 0 Å². The second kappa shape index (κ2) is 11.8. The third kappa shape index (κ3) is 9.89. The van der Waals surface area contributed by atoms with Crippen LogP contribution in [0.25, 0.3) is 0 Å². The number of halogens is 4. The molecule has 2 aromatic carbocycles. The molecular weight excluding hydrogens is 432 g/mol. The first-order chi connectivity index (χ1) is 14.6. The fourth-order valence-corrected chi connectivity index (χ4v) is 2.92. The molecule has 1 heterocycles. The molecule has 0 atom stereocenters. The second-order valence-corrected chi connectivity index (χ2v) is 7.43. The Balaban J connectivity index is 0.000000245. The van der Waals surface area contributed by atoms with E-state index in [-0.39, 0.29) is 17.5 Å². The minimum absolute atomic E-state index is 0.0150. The number of rotatable bonds is 4. The van der Waals surface area contributed by atoms with Crippen molar-refractivity contribution in [1.82, 2.24) is 10.2 Å². The molecule has 3 rings (SSSR count). The maximum atomic E-state index is 12.8. The molecule has 31 heavy (non-hydrogen) atoms. The fourth-order valence-electron chi connectivity index (χ4n) is 2.77. The number of carbonyl (C=O) groups excluding carboxylic acids is 1. The number of hydrogen-bond acceptors (Lipinski definition) is 4. The summed E-state index contributed by atoms with van der Waals surface area (Å²) in [6, 6.07) is 11.5. The summed E-state index contributed by atoms with van der Waals surface area (Å²) in [6.45, 7) is 2.39. The Morgan fingerprint density at radius 3 is 2.23 bits per heavy atom. The number of likely N-dealkylation sites (N-methyl/N-ethyl adjacent to an activating group) is 1. The van der Waals surface area contributed by atoms with Gasteiger partial charge in [-0.2, -0.15) is 0 Å². The van der Waals surface area contributed by atoms with Crippen LogP contribution >= 0.6 is 12.6 Å². The lowest BCUT2D eigenvalue weighted by Gasteiger charge is -2.18. The summed E-state index contributed by atoms with van der Waals surface area (Å²) in [5.74, 6) is -0.476. The molecule has 0 bridgehead atoms. The molecule has 0 radical (unpaired) electrons. The number of alkyl halides is 3. The second-order valence-electron chi connectivity index (χ2n) is 6.92. The fraction of sp³-hybridized carbons (Fsp3) is 0.318. The van der Waals surface area contributed by atoms with Gasteiger partial charge in [0.25, 0.3) is 0 Å². The number of nitrogens with zero attached hydrogens (tertiary/aromatic N) is 1. The maximum absolute atomic E-state index is 12.8.